The molecule has 1 fully saturated rings. The average molecular weight is 244 g/mol. The van der Waals surface area contributed by atoms with Crippen molar-refractivity contribution in [1.82, 2.24) is 0 Å². The summed E-state index contributed by atoms with van der Waals surface area (Å²) in [6.07, 6.45) is 0. The number of hydrogen-bond acceptors (Lipinski definition) is 4. The van der Waals surface area contributed by atoms with Gasteiger partial charge in [-0.05, 0) is 12.5 Å². The van der Waals surface area contributed by atoms with Gasteiger partial charge in [0.25, 0.3) is 0 Å². The van der Waals surface area contributed by atoms with Gasteiger partial charge in [-0.15, -0.1) is 11.8 Å². The van der Waals surface area contributed by atoms with Gasteiger partial charge in [0.15, 0.2) is 5.41 Å². The van der Waals surface area contributed by atoms with Crippen LogP contribution in [-0.2, 0) is 0 Å². The molecule has 86 valence electrons. The van der Waals surface area contributed by atoms with Gasteiger partial charge in [-0.3, -0.25) is 0 Å². The zero-order chi connectivity index (χ0) is 12.5. The van der Waals surface area contributed by atoms with E-state index in [2.05, 4.69) is 0 Å². The maximum absolute atomic E-state index is 10.3. The van der Waals surface area contributed by atoms with Crippen LogP contribution >= 0.6 is 11.8 Å². The lowest BCUT2D eigenvalue weighted by molar-refractivity contribution is 0.0196. The highest BCUT2D eigenvalue weighted by Crippen LogP contribution is 2.57. The van der Waals surface area contributed by atoms with E-state index in [1.54, 1.807) is 6.92 Å². The Bertz CT molecular complexity index is 484. The SMILES string of the molecule is C[C@]1(O)CS[C@H](c2ccccc2)C1(C#N)C#N. The molecule has 0 aliphatic carbocycles. The standard InChI is InChI=1S/C13H12N2OS/c1-12(16)9-17-11(13(12,7-14)8-15)10-5-3-2-4-6-10/h2-6,11,16H,9H2,1H3/t11-,12+/m1/s1. The number of nitrogens with zero attached hydrogens (tertiary/aromatic N) is 2. The first-order valence-electron chi connectivity index (χ1n) is 5.29. The van der Waals surface area contributed by atoms with Crippen LogP contribution in [0.1, 0.15) is 17.7 Å². The molecule has 1 heterocycles. The molecule has 1 aliphatic rings. The van der Waals surface area contributed by atoms with Crippen LogP contribution in [0.2, 0.25) is 0 Å². The summed E-state index contributed by atoms with van der Waals surface area (Å²) in [5.74, 6) is 0.397. The summed E-state index contributed by atoms with van der Waals surface area (Å²) in [6.45, 7) is 1.56. The summed E-state index contributed by atoms with van der Waals surface area (Å²) < 4.78 is 0. The number of hydrogen-bond donors (Lipinski definition) is 1. The lowest BCUT2D eigenvalue weighted by atomic mass is 9.72. The second-order valence-electron chi connectivity index (χ2n) is 4.41. The van der Waals surface area contributed by atoms with Crippen LogP contribution < -0.4 is 0 Å². The fourth-order valence-corrected chi connectivity index (χ4v) is 3.80. The van der Waals surface area contributed by atoms with Crippen LogP contribution in [0.5, 0.6) is 0 Å². The van der Waals surface area contributed by atoms with E-state index in [0.29, 0.717) is 5.75 Å². The molecule has 2 rings (SSSR count). The summed E-state index contributed by atoms with van der Waals surface area (Å²) >= 11 is 1.46. The van der Waals surface area contributed by atoms with Crippen molar-refractivity contribution in [3.05, 3.63) is 35.9 Å². The fraction of sp³-hybridized carbons (Fsp3) is 0.385. The Labute approximate surface area is 105 Å². The Hall–Kier alpha value is -1.49. The molecule has 1 N–H and O–H groups in total. The molecule has 0 aromatic heterocycles. The first kappa shape index (κ1) is 12.0. The lowest BCUT2D eigenvalue weighted by Gasteiger charge is -2.30. The van der Waals surface area contributed by atoms with E-state index in [4.69, 9.17) is 0 Å². The quantitative estimate of drug-likeness (QED) is 0.822. The maximum atomic E-state index is 10.3. The number of rotatable bonds is 1. The van der Waals surface area contributed by atoms with E-state index < -0.39 is 11.0 Å². The van der Waals surface area contributed by atoms with Gasteiger partial charge >= 0.3 is 0 Å². The minimum atomic E-state index is -1.38. The van der Waals surface area contributed by atoms with Gasteiger partial charge in [0.2, 0.25) is 0 Å². The Balaban J connectivity index is 2.52. The third-order valence-electron chi connectivity index (χ3n) is 3.23. The predicted molar refractivity (Wildman–Crippen MR) is 65.9 cm³/mol. The summed E-state index contributed by atoms with van der Waals surface area (Å²) in [6, 6.07) is 13.5. The number of aliphatic hydroxyl groups is 1. The molecule has 0 saturated carbocycles. The summed E-state index contributed by atoms with van der Waals surface area (Å²) in [7, 11) is 0. The van der Waals surface area contributed by atoms with E-state index in [9.17, 15) is 15.6 Å². The molecule has 2 atom stereocenters. The zero-order valence-corrected chi connectivity index (χ0v) is 10.2. The lowest BCUT2D eigenvalue weighted by Crippen LogP contribution is -2.43. The number of benzene rings is 1. The second-order valence-corrected chi connectivity index (χ2v) is 5.50. The third kappa shape index (κ3) is 1.61. The van der Waals surface area contributed by atoms with Crippen LogP contribution in [0, 0.1) is 28.1 Å². The molecular formula is C13H12N2OS. The van der Waals surface area contributed by atoms with Crippen LogP contribution in [0.25, 0.3) is 0 Å². The van der Waals surface area contributed by atoms with E-state index in [1.165, 1.54) is 11.8 Å². The van der Waals surface area contributed by atoms with Crippen molar-refractivity contribution in [2.24, 2.45) is 5.41 Å². The van der Waals surface area contributed by atoms with Gasteiger partial charge in [-0.2, -0.15) is 10.5 Å². The van der Waals surface area contributed by atoms with Gasteiger partial charge in [0.1, 0.15) is 5.60 Å². The Morgan fingerprint density at radius 1 is 1.29 bits per heavy atom. The van der Waals surface area contributed by atoms with E-state index >= 15 is 0 Å². The largest absolute Gasteiger partial charge is 0.386 e. The monoisotopic (exact) mass is 244 g/mol. The predicted octanol–water partition coefficient (Wildman–Crippen LogP) is 2.26. The highest BCUT2D eigenvalue weighted by Gasteiger charge is 2.60. The van der Waals surface area contributed by atoms with Crippen molar-refractivity contribution in [3.63, 3.8) is 0 Å². The molecule has 0 spiro atoms. The highest BCUT2D eigenvalue weighted by molar-refractivity contribution is 8.00. The molecule has 1 saturated heterocycles. The summed E-state index contributed by atoms with van der Waals surface area (Å²) in [5, 5.41) is 28.6. The van der Waals surface area contributed by atoms with Crippen LogP contribution in [-0.4, -0.2) is 16.5 Å². The molecule has 1 aliphatic heterocycles. The summed E-state index contributed by atoms with van der Waals surface area (Å²) in [5.41, 5.74) is -1.74. The molecular weight excluding hydrogens is 232 g/mol. The van der Waals surface area contributed by atoms with Gasteiger partial charge in [0, 0.05) is 5.75 Å². The van der Waals surface area contributed by atoms with Crippen molar-refractivity contribution < 1.29 is 5.11 Å². The first-order chi connectivity index (χ1) is 8.07. The van der Waals surface area contributed by atoms with Crippen molar-refractivity contribution in [1.29, 1.82) is 10.5 Å². The van der Waals surface area contributed by atoms with Crippen LogP contribution in [0.3, 0.4) is 0 Å². The Morgan fingerprint density at radius 3 is 2.41 bits per heavy atom. The van der Waals surface area contributed by atoms with Crippen molar-refractivity contribution in [2.75, 3.05) is 5.75 Å². The van der Waals surface area contributed by atoms with Crippen LogP contribution in [0.15, 0.2) is 30.3 Å². The van der Waals surface area contributed by atoms with E-state index in [0.717, 1.165) is 5.56 Å². The Kier molecular flexibility index (Phi) is 2.87. The zero-order valence-electron chi connectivity index (χ0n) is 9.42. The molecule has 0 unspecified atom stereocenters. The molecule has 0 bridgehead atoms. The highest BCUT2D eigenvalue weighted by atomic mass is 32.2. The minimum Gasteiger partial charge on any atom is -0.386 e. The first-order valence-corrected chi connectivity index (χ1v) is 6.34. The van der Waals surface area contributed by atoms with Crippen molar-refractivity contribution in [2.45, 2.75) is 17.8 Å². The third-order valence-corrected chi connectivity index (χ3v) is 4.92. The average Bonchev–Trinajstić information content (AvgIpc) is 2.62. The minimum absolute atomic E-state index is 0.298. The second kappa shape index (κ2) is 4.07. The maximum Gasteiger partial charge on any atom is 0.188 e. The van der Waals surface area contributed by atoms with Crippen molar-refractivity contribution >= 4 is 11.8 Å². The van der Waals surface area contributed by atoms with Gasteiger partial charge in [-0.25, -0.2) is 0 Å². The Morgan fingerprint density at radius 2 is 1.88 bits per heavy atom. The summed E-state index contributed by atoms with van der Waals surface area (Å²) in [4.78, 5) is 0. The normalized spacial score (nSPS) is 30.5. The fourth-order valence-electron chi connectivity index (χ4n) is 2.12. The number of thioether (sulfide) groups is 1. The smallest absolute Gasteiger partial charge is 0.188 e. The molecule has 1 aromatic rings. The van der Waals surface area contributed by atoms with Crippen molar-refractivity contribution in [3.8, 4) is 12.1 Å². The van der Waals surface area contributed by atoms with Gasteiger partial charge in [0.05, 0.1) is 17.4 Å². The van der Waals surface area contributed by atoms with Gasteiger partial charge < -0.3 is 5.11 Å². The van der Waals surface area contributed by atoms with E-state index in [-0.39, 0.29) is 5.25 Å². The molecule has 4 heteroatoms. The molecule has 17 heavy (non-hydrogen) atoms. The van der Waals surface area contributed by atoms with Crippen LogP contribution in [0.4, 0.5) is 0 Å². The number of nitriles is 2. The molecule has 3 nitrogen and oxygen atoms in total. The van der Waals surface area contributed by atoms with Gasteiger partial charge in [-0.1, -0.05) is 30.3 Å². The topological polar surface area (TPSA) is 67.8 Å². The molecule has 0 amide bonds. The molecule has 0 radical (unpaired) electrons. The van der Waals surface area contributed by atoms with E-state index in [1.807, 2.05) is 42.5 Å². The molecule has 1 aromatic carbocycles.